The molecule has 1 N–H and O–H groups in total. The Kier molecular flexibility index (Phi) is 7.08. The highest BCUT2D eigenvalue weighted by Crippen LogP contribution is 2.26. The summed E-state index contributed by atoms with van der Waals surface area (Å²) in [6.07, 6.45) is 7.09. The van der Waals surface area contributed by atoms with Crippen molar-refractivity contribution >= 4 is 17.7 Å². The van der Waals surface area contributed by atoms with Crippen LogP contribution in [-0.2, 0) is 9.53 Å². The number of ether oxygens (including phenoxy) is 1. The first kappa shape index (κ1) is 15.8. The molecule has 0 radical (unpaired) electrons. The van der Waals surface area contributed by atoms with E-state index in [0.717, 1.165) is 12.2 Å². The molecule has 0 amide bonds. The van der Waals surface area contributed by atoms with Crippen LogP contribution in [0.25, 0.3) is 0 Å². The van der Waals surface area contributed by atoms with Gasteiger partial charge in [-0.05, 0) is 44.1 Å². The Bertz CT molecular complexity index is 256. The molecule has 1 rings (SSSR count). The van der Waals surface area contributed by atoms with Gasteiger partial charge in [0.15, 0.2) is 0 Å². The summed E-state index contributed by atoms with van der Waals surface area (Å²) in [5, 5.41) is 3.43. The van der Waals surface area contributed by atoms with E-state index in [1.54, 1.807) is 0 Å². The predicted molar refractivity (Wildman–Crippen MR) is 78.0 cm³/mol. The topological polar surface area (TPSA) is 38.3 Å². The van der Waals surface area contributed by atoms with Crippen molar-refractivity contribution in [3.63, 3.8) is 0 Å². The summed E-state index contributed by atoms with van der Waals surface area (Å²) >= 11 is 1.95. The molecule has 0 aromatic rings. The molecule has 18 heavy (non-hydrogen) atoms. The van der Waals surface area contributed by atoms with Gasteiger partial charge in [-0.1, -0.05) is 19.8 Å². The van der Waals surface area contributed by atoms with Gasteiger partial charge in [-0.2, -0.15) is 11.8 Å². The van der Waals surface area contributed by atoms with Gasteiger partial charge in [0.25, 0.3) is 0 Å². The fourth-order valence-corrected chi connectivity index (χ4v) is 3.13. The molecule has 0 aliphatic heterocycles. The zero-order valence-electron chi connectivity index (χ0n) is 12.0. The molecule has 0 aromatic heterocycles. The number of carbonyl (C=O) groups is 1. The van der Waals surface area contributed by atoms with E-state index in [0.29, 0.717) is 6.04 Å². The van der Waals surface area contributed by atoms with Gasteiger partial charge < -0.3 is 4.74 Å². The lowest BCUT2D eigenvalue weighted by Crippen LogP contribution is -2.51. The maximum atomic E-state index is 11.9. The summed E-state index contributed by atoms with van der Waals surface area (Å²) < 4.78 is 4.93. The van der Waals surface area contributed by atoms with Crippen LogP contribution in [0.1, 0.15) is 52.4 Å². The maximum Gasteiger partial charge on any atom is 0.325 e. The van der Waals surface area contributed by atoms with Crippen LogP contribution < -0.4 is 5.32 Å². The quantitative estimate of drug-likeness (QED) is 0.490. The maximum absolute atomic E-state index is 11.9. The van der Waals surface area contributed by atoms with Crippen LogP contribution in [0.5, 0.6) is 0 Å². The second-order valence-electron chi connectivity index (χ2n) is 5.31. The molecule has 1 saturated carbocycles. The second-order valence-corrected chi connectivity index (χ2v) is 6.54. The Labute approximate surface area is 115 Å². The lowest BCUT2D eigenvalue weighted by atomic mass is 9.99. The molecule has 106 valence electrons. The molecule has 0 bridgehead atoms. The Hall–Kier alpha value is -0.220. The Balaban J connectivity index is 2.25. The zero-order valence-corrected chi connectivity index (χ0v) is 12.8. The molecule has 0 spiro atoms. The number of esters is 1. The normalized spacial score (nSPS) is 18.4. The number of nitrogens with one attached hydrogen (secondary N) is 1. The van der Waals surface area contributed by atoms with Crippen LogP contribution in [0.15, 0.2) is 0 Å². The highest BCUT2D eigenvalue weighted by molar-refractivity contribution is 7.99. The molecule has 1 aliphatic carbocycles. The molecule has 1 unspecified atom stereocenters. The Morgan fingerprint density at radius 1 is 1.39 bits per heavy atom. The van der Waals surface area contributed by atoms with E-state index in [2.05, 4.69) is 12.2 Å². The van der Waals surface area contributed by atoms with Crippen LogP contribution in [0.4, 0.5) is 0 Å². The molecule has 1 atom stereocenters. The number of unbranched alkanes of at least 4 members (excludes halogenated alkanes) is 2. The van der Waals surface area contributed by atoms with E-state index in [-0.39, 0.29) is 5.97 Å². The summed E-state index contributed by atoms with van der Waals surface area (Å²) in [6, 6.07) is 0.527. The third-order valence-electron chi connectivity index (χ3n) is 3.37. The third kappa shape index (κ3) is 5.61. The summed E-state index contributed by atoms with van der Waals surface area (Å²) in [5.74, 6) is 2.10. The Morgan fingerprint density at radius 3 is 2.67 bits per heavy atom. The van der Waals surface area contributed by atoms with E-state index in [9.17, 15) is 4.79 Å². The van der Waals surface area contributed by atoms with Crippen LogP contribution in [0, 0.1) is 0 Å². The molecule has 3 nitrogen and oxygen atoms in total. The van der Waals surface area contributed by atoms with Gasteiger partial charge in [0.05, 0.1) is 7.11 Å². The lowest BCUT2D eigenvalue weighted by molar-refractivity contribution is -0.148. The lowest BCUT2D eigenvalue weighted by Gasteiger charge is -2.28. The molecule has 4 heteroatoms. The SMILES string of the molecule is CCCCCSCCC(C)(NC1CC1)C(=O)OC. The number of hydrogen-bond donors (Lipinski definition) is 1. The number of hydrogen-bond acceptors (Lipinski definition) is 4. The van der Waals surface area contributed by atoms with Crippen LogP contribution in [-0.4, -0.2) is 36.2 Å². The van der Waals surface area contributed by atoms with E-state index < -0.39 is 5.54 Å². The second kappa shape index (κ2) is 8.05. The molecular weight excluding hydrogens is 246 g/mol. The highest BCUT2D eigenvalue weighted by Gasteiger charge is 2.38. The van der Waals surface area contributed by atoms with Crippen molar-refractivity contribution in [1.82, 2.24) is 5.32 Å². The molecular formula is C14H27NO2S. The first-order valence-corrected chi connectivity index (χ1v) is 8.21. The van der Waals surface area contributed by atoms with Gasteiger partial charge >= 0.3 is 5.97 Å². The summed E-state index contributed by atoms with van der Waals surface area (Å²) in [6.45, 7) is 4.20. The first-order chi connectivity index (χ1) is 8.62. The molecule has 0 saturated heterocycles. The average Bonchev–Trinajstić information content (AvgIpc) is 3.16. The Morgan fingerprint density at radius 2 is 2.11 bits per heavy atom. The largest absolute Gasteiger partial charge is 0.468 e. The van der Waals surface area contributed by atoms with Crippen LogP contribution in [0.2, 0.25) is 0 Å². The van der Waals surface area contributed by atoms with Gasteiger partial charge in [-0.25, -0.2) is 0 Å². The zero-order chi connectivity index (χ0) is 13.4. The molecule has 0 aromatic carbocycles. The first-order valence-electron chi connectivity index (χ1n) is 7.06. The standard InChI is InChI=1S/C14H27NO2S/c1-4-5-6-10-18-11-9-14(2,13(16)17-3)15-12-7-8-12/h12,15H,4-11H2,1-3H3. The number of thioether (sulfide) groups is 1. The fourth-order valence-electron chi connectivity index (χ4n) is 1.97. The van der Waals surface area contributed by atoms with Gasteiger partial charge in [0.1, 0.15) is 5.54 Å². The molecule has 0 heterocycles. The highest BCUT2D eigenvalue weighted by atomic mass is 32.2. The van der Waals surface area contributed by atoms with Crippen molar-refractivity contribution in [2.75, 3.05) is 18.6 Å². The van der Waals surface area contributed by atoms with Gasteiger partial charge in [0.2, 0.25) is 0 Å². The average molecular weight is 273 g/mol. The van der Waals surface area contributed by atoms with Crippen molar-refractivity contribution in [3.05, 3.63) is 0 Å². The van der Waals surface area contributed by atoms with Crippen LogP contribution >= 0.6 is 11.8 Å². The monoisotopic (exact) mass is 273 g/mol. The van der Waals surface area contributed by atoms with Crippen molar-refractivity contribution in [2.24, 2.45) is 0 Å². The molecule has 1 fully saturated rings. The summed E-state index contributed by atoms with van der Waals surface area (Å²) in [4.78, 5) is 11.9. The predicted octanol–water partition coefficient (Wildman–Crippen LogP) is 2.98. The van der Waals surface area contributed by atoms with E-state index >= 15 is 0 Å². The summed E-state index contributed by atoms with van der Waals surface area (Å²) in [7, 11) is 1.48. The van der Waals surface area contributed by atoms with Crippen molar-refractivity contribution in [3.8, 4) is 0 Å². The van der Waals surface area contributed by atoms with Crippen molar-refractivity contribution in [2.45, 2.75) is 64.0 Å². The van der Waals surface area contributed by atoms with E-state index in [1.165, 1.54) is 45.0 Å². The van der Waals surface area contributed by atoms with Crippen LogP contribution in [0.3, 0.4) is 0 Å². The minimum atomic E-state index is -0.492. The van der Waals surface area contributed by atoms with Gasteiger partial charge in [0, 0.05) is 6.04 Å². The minimum absolute atomic E-state index is 0.122. The third-order valence-corrected chi connectivity index (χ3v) is 4.44. The van der Waals surface area contributed by atoms with E-state index in [1.807, 2.05) is 18.7 Å². The van der Waals surface area contributed by atoms with Crippen molar-refractivity contribution < 1.29 is 9.53 Å². The summed E-state index contributed by atoms with van der Waals surface area (Å²) in [5.41, 5.74) is -0.492. The fraction of sp³-hybridized carbons (Fsp3) is 0.929. The number of carbonyl (C=O) groups excluding carboxylic acids is 1. The smallest absolute Gasteiger partial charge is 0.325 e. The van der Waals surface area contributed by atoms with E-state index in [4.69, 9.17) is 4.74 Å². The van der Waals surface area contributed by atoms with Crippen molar-refractivity contribution in [1.29, 1.82) is 0 Å². The number of methoxy groups -OCH3 is 1. The van der Waals surface area contributed by atoms with Gasteiger partial charge in [-0.3, -0.25) is 10.1 Å². The minimum Gasteiger partial charge on any atom is -0.468 e. The van der Waals surface area contributed by atoms with Gasteiger partial charge in [-0.15, -0.1) is 0 Å². The number of rotatable bonds is 10. The molecule has 1 aliphatic rings.